The minimum Gasteiger partial charge on any atom is -0.379 e. The summed E-state index contributed by atoms with van der Waals surface area (Å²) >= 11 is 0. The van der Waals surface area contributed by atoms with E-state index in [9.17, 15) is 9.18 Å². The summed E-state index contributed by atoms with van der Waals surface area (Å²) in [5.74, 6) is -0.536. The fourth-order valence-corrected chi connectivity index (χ4v) is 3.77. The summed E-state index contributed by atoms with van der Waals surface area (Å²) in [6.07, 6.45) is 3.39. The highest BCUT2D eigenvalue weighted by Crippen LogP contribution is 2.21. The molecular weight excluding hydrogens is 405 g/mol. The van der Waals surface area contributed by atoms with Gasteiger partial charge in [0.2, 0.25) is 5.91 Å². The number of halogens is 1. The van der Waals surface area contributed by atoms with E-state index >= 15 is 0 Å². The van der Waals surface area contributed by atoms with Gasteiger partial charge in [-0.05, 0) is 54.2 Å². The molecule has 1 heterocycles. The van der Waals surface area contributed by atoms with Crippen LogP contribution in [0.3, 0.4) is 0 Å². The van der Waals surface area contributed by atoms with E-state index in [1.165, 1.54) is 23.3 Å². The van der Waals surface area contributed by atoms with Gasteiger partial charge in [-0.3, -0.25) is 9.69 Å². The number of morpholine rings is 1. The fourth-order valence-electron chi connectivity index (χ4n) is 3.77. The summed E-state index contributed by atoms with van der Waals surface area (Å²) in [7, 11) is 0. The lowest BCUT2D eigenvalue weighted by Gasteiger charge is -2.26. The largest absolute Gasteiger partial charge is 0.379 e. The van der Waals surface area contributed by atoms with Gasteiger partial charge in [-0.25, -0.2) is 4.39 Å². The lowest BCUT2D eigenvalue weighted by molar-refractivity contribution is -0.120. The summed E-state index contributed by atoms with van der Waals surface area (Å²) in [6, 6.07) is 14.8. The second-order valence-electron chi connectivity index (χ2n) is 8.09. The van der Waals surface area contributed by atoms with Crippen LogP contribution in [0.15, 0.2) is 54.6 Å². The van der Waals surface area contributed by atoms with Crippen molar-refractivity contribution in [3.63, 3.8) is 0 Å². The molecule has 0 aliphatic carbocycles. The molecule has 2 N–H and O–H groups in total. The Morgan fingerprint density at radius 1 is 1.12 bits per heavy atom. The van der Waals surface area contributed by atoms with E-state index in [1.807, 2.05) is 6.92 Å². The predicted octanol–water partition coefficient (Wildman–Crippen LogP) is 4.57. The van der Waals surface area contributed by atoms with Crippen LogP contribution in [0.4, 0.5) is 4.39 Å². The molecule has 2 aromatic carbocycles. The van der Waals surface area contributed by atoms with E-state index in [2.05, 4.69) is 40.6 Å². The molecule has 0 bridgehead atoms. The number of benzene rings is 2. The second kappa shape index (κ2) is 12.3. The molecular formula is C26H32FN3O2. The maximum Gasteiger partial charge on any atom is 0.225 e. The van der Waals surface area contributed by atoms with E-state index in [-0.39, 0.29) is 24.7 Å². The third-order valence-electron chi connectivity index (χ3n) is 5.63. The quantitative estimate of drug-likeness (QED) is 0.535. The molecule has 3 rings (SSSR count). The van der Waals surface area contributed by atoms with E-state index in [0.717, 1.165) is 44.8 Å². The Morgan fingerprint density at radius 2 is 1.88 bits per heavy atom. The van der Waals surface area contributed by atoms with Crippen molar-refractivity contribution in [3.8, 4) is 0 Å². The van der Waals surface area contributed by atoms with Gasteiger partial charge in [0, 0.05) is 31.9 Å². The van der Waals surface area contributed by atoms with E-state index in [4.69, 9.17) is 10.1 Å². The van der Waals surface area contributed by atoms with E-state index < -0.39 is 0 Å². The van der Waals surface area contributed by atoms with Gasteiger partial charge < -0.3 is 15.5 Å². The summed E-state index contributed by atoms with van der Waals surface area (Å²) < 4.78 is 18.6. The Bertz CT molecular complexity index is 934. The maximum absolute atomic E-state index is 13.2. The van der Waals surface area contributed by atoms with Crippen molar-refractivity contribution in [2.75, 3.05) is 26.3 Å². The average Bonchev–Trinajstić information content (AvgIpc) is 2.80. The van der Waals surface area contributed by atoms with E-state index in [0.29, 0.717) is 17.7 Å². The minimum absolute atomic E-state index is 0.0603. The number of hydrogen-bond donors (Lipinski definition) is 2. The zero-order valence-electron chi connectivity index (χ0n) is 18.7. The van der Waals surface area contributed by atoms with Crippen LogP contribution < -0.4 is 5.32 Å². The number of ether oxygens (including phenoxy) is 1. The average molecular weight is 438 g/mol. The molecule has 0 unspecified atom stereocenters. The van der Waals surface area contributed by atoms with Crippen molar-refractivity contribution in [2.45, 2.75) is 39.3 Å². The van der Waals surface area contributed by atoms with Crippen molar-refractivity contribution in [1.82, 2.24) is 10.2 Å². The standard InChI is InChI=1S/C26H32FN3O2/c1-2-22(23-8-6-20(7-9-23)19-30-12-14-32-15-13-30)10-11-25(28)17-26(31)29-18-21-4-3-5-24(27)16-21/h2-9,16,28H,10-15,17-19H2,1H3,(H,29,31)/b22-2+,28-25?. The normalized spacial score (nSPS) is 14.9. The molecule has 1 fully saturated rings. The Kier molecular flexibility index (Phi) is 9.13. The van der Waals surface area contributed by atoms with Crippen molar-refractivity contribution < 1.29 is 13.9 Å². The molecule has 0 saturated carbocycles. The van der Waals surface area contributed by atoms with Gasteiger partial charge >= 0.3 is 0 Å². The molecule has 170 valence electrons. The first-order valence-corrected chi connectivity index (χ1v) is 11.2. The summed E-state index contributed by atoms with van der Waals surface area (Å²) in [4.78, 5) is 14.5. The molecule has 1 aliphatic rings. The monoisotopic (exact) mass is 437 g/mol. The van der Waals surface area contributed by atoms with Gasteiger partial charge in [0.1, 0.15) is 5.82 Å². The van der Waals surface area contributed by atoms with Gasteiger partial charge in [-0.2, -0.15) is 0 Å². The third-order valence-corrected chi connectivity index (χ3v) is 5.63. The van der Waals surface area contributed by atoms with Gasteiger partial charge in [-0.1, -0.05) is 42.5 Å². The molecule has 1 saturated heterocycles. The first kappa shape index (κ1) is 23.8. The van der Waals surface area contributed by atoms with Crippen LogP contribution in [-0.4, -0.2) is 42.8 Å². The molecule has 0 radical (unpaired) electrons. The SMILES string of the molecule is C/C=C(\CCC(=N)CC(=O)NCc1cccc(F)c1)c1ccc(CN2CCOCC2)cc1. The molecule has 5 nitrogen and oxygen atoms in total. The lowest BCUT2D eigenvalue weighted by atomic mass is 9.97. The smallest absolute Gasteiger partial charge is 0.225 e. The highest BCUT2D eigenvalue weighted by Gasteiger charge is 2.12. The van der Waals surface area contributed by atoms with Crippen LogP contribution in [0, 0.1) is 11.2 Å². The fraction of sp³-hybridized carbons (Fsp3) is 0.385. The van der Waals surface area contributed by atoms with Crippen LogP contribution in [-0.2, 0) is 22.6 Å². The first-order valence-electron chi connectivity index (χ1n) is 11.2. The van der Waals surface area contributed by atoms with Crippen molar-refractivity contribution in [2.24, 2.45) is 0 Å². The Labute approximate surface area is 189 Å². The molecule has 32 heavy (non-hydrogen) atoms. The Morgan fingerprint density at radius 3 is 2.56 bits per heavy atom. The number of nitrogens with zero attached hydrogens (tertiary/aromatic N) is 1. The Balaban J connectivity index is 1.42. The van der Waals surface area contributed by atoms with Gasteiger partial charge in [0.25, 0.3) is 0 Å². The van der Waals surface area contributed by atoms with Crippen LogP contribution in [0.25, 0.3) is 5.57 Å². The zero-order valence-corrected chi connectivity index (χ0v) is 18.7. The number of hydrogen-bond acceptors (Lipinski definition) is 4. The van der Waals surface area contributed by atoms with Gasteiger partial charge in [0.05, 0.1) is 19.6 Å². The first-order chi connectivity index (χ1) is 15.5. The highest BCUT2D eigenvalue weighted by atomic mass is 19.1. The van der Waals surface area contributed by atoms with E-state index in [1.54, 1.807) is 12.1 Å². The van der Waals surface area contributed by atoms with Crippen LogP contribution in [0.2, 0.25) is 0 Å². The number of nitrogens with one attached hydrogen (secondary N) is 2. The topological polar surface area (TPSA) is 65.4 Å². The molecule has 6 heteroatoms. The molecule has 1 amide bonds. The zero-order chi connectivity index (χ0) is 22.8. The summed E-state index contributed by atoms with van der Waals surface area (Å²) in [5, 5.41) is 10.9. The van der Waals surface area contributed by atoms with Crippen molar-refractivity contribution >= 4 is 17.2 Å². The minimum atomic E-state index is -0.322. The molecule has 0 spiro atoms. The number of amides is 1. The Hall–Kier alpha value is -2.83. The van der Waals surface area contributed by atoms with Gasteiger partial charge in [-0.15, -0.1) is 0 Å². The van der Waals surface area contributed by atoms with Crippen molar-refractivity contribution in [1.29, 1.82) is 5.41 Å². The van der Waals surface area contributed by atoms with Crippen LogP contribution >= 0.6 is 0 Å². The predicted molar refractivity (Wildman–Crippen MR) is 126 cm³/mol. The molecule has 0 atom stereocenters. The molecule has 1 aliphatic heterocycles. The number of carbonyl (C=O) groups excluding carboxylic acids is 1. The molecule has 0 aromatic heterocycles. The number of carbonyl (C=O) groups is 1. The highest BCUT2D eigenvalue weighted by molar-refractivity contribution is 5.99. The van der Waals surface area contributed by atoms with Crippen LogP contribution in [0.1, 0.15) is 42.9 Å². The number of rotatable bonds is 10. The van der Waals surface area contributed by atoms with Crippen molar-refractivity contribution in [3.05, 3.63) is 77.1 Å². The third kappa shape index (κ3) is 7.70. The molecule has 2 aromatic rings. The van der Waals surface area contributed by atoms with Crippen LogP contribution in [0.5, 0.6) is 0 Å². The lowest BCUT2D eigenvalue weighted by Crippen LogP contribution is -2.35. The second-order valence-corrected chi connectivity index (χ2v) is 8.09. The summed E-state index contributed by atoms with van der Waals surface area (Å²) in [5.41, 5.74) is 4.71. The maximum atomic E-state index is 13.2. The number of allylic oxidation sites excluding steroid dienone is 2. The summed E-state index contributed by atoms with van der Waals surface area (Å²) in [6.45, 7) is 6.75. The van der Waals surface area contributed by atoms with Gasteiger partial charge in [0.15, 0.2) is 0 Å².